The highest BCUT2D eigenvalue weighted by molar-refractivity contribution is 5.70. The molecule has 0 aromatic carbocycles. The van der Waals surface area contributed by atoms with E-state index >= 15 is 0 Å². The van der Waals surface area contributed by atoms with Gasteiger partial charge in [0.1, 0.15) is 5.82 Å². The first-order valence-corrected chi connectivity index (χ1v) is 8.10. The number of carbonyl (C=O) groups is 1. The first-order chi connectivity index (χ1) is 10.1. The van der Waals surface area contributed by atoms with Crippen molar-refractivity contribution in [3.63, 3.8) is 0 Å². The Morgan fingerprint density at radius 1 is 1.38 bits per heavy atom. The van der Waals surface area contributed by atoms with Crippen LogP contribution in [0.15, 0.2) is 6.20 Å². The average molecular weight is 291 g/mol. The van der Waals surface area contributed by atoms with Gasteiger partial charge in [0, 0.05) is 24.5 Å². The predicted molar refractivity (Wildman–Crippen MR) is 80.1 cm³/mol. The molecule has 116 valence electrons. The maximum atomic E-state index is 11.3. The third kappa shape index (κ3) is 2.71. The highest BCUT2D eigenvalue weighted by Crippen LogP contribution is 2.34. The van der Waals surface area contributed by atoms with E-state index in [1.54, 1.807) is 0 Å². The van der Waals surface area contributed by atoms with Gasteiger partial charge in [0.2, 0.25) is 0 Å². The molecule has 5 heteroatoms. The molecular formula is C16H25N3O2. The van der Waals surface area contributed by atoms with Crippen LogP contribution in [0.25, 0.3) is 0 Å². The number of nitrogens with zero attached hydrogens (tertiary/aromatic N) is 3. The molecule has 1 aromatic heterocycles. The van der Waals surface area contributed by atoms with E-state index in [-0.39, 0.29) is 5.92 Å². The van der Waals surface area contributed by atoms with Crippen molar-refractivity contribution in [1.29, 1.82) is 0 Å². The van der Waals surface area contributed by atoms with Crippen molar-refractivity contribution in [3.05, 3.63) is 17.7 Å². The minimum Gasteiger partial charge on any atom is -0.481 e. The molecule has 1 N–H and O–H groups in total. The van der Waals surface area contributed by atoms with Crippen molar-refractivity contribution in [1.82, 2.24) is 14.5 Å². The Morgan fingerprint density at radius 2 is 2.19 bits per heavy atom. The Kier molecular flexibility index (Phi) is 4.02. The summed E-state index contributed by atoms with van der Waals surface area (Å²) in [5.74, 6) is 0.149. The van der Waals surface area contributed by atoms with Crippen molar-refractivity contribution in [3.8, 4) is 0 Å². The Balaban J connectivity index is 1.89. The predicted octanol–water partition coefficient (Wildman–Crippen LogP) is 2.47. The highest BCUT2D eigenvalue weighted by Gasteiger charge is 2.33. The molecule has 2 aliphatic heterocycles. The molecule has 5 nitrogen and oxygen atoms in total. The van der Waals surface area contributed by atoms with Crippen molar-refractivity contribution < 1.29 is 9.90 Å². The summed E-state index contributed by atoms with van der Waals surface area (Å²) < 4.78 is 2.19. The summed E-state index contributed by atoms with van der Waals surface area (Å²) in [6.07, 6.45) is 7.14. The van der Waals surface area contributed by atoms with E-state index in [2.05, 4.69) is 28.3 Å². The molecule has 1 saturated heterocycles. The summed E-state index contributed by atoms with van der Waals surface area (Å²) in [4.78, 5) is 18.5. The number of rotatable bonds is 3. The van der Waals surface area contributed by atoms with E-state index in [0.717, 1.165) is 31.6 Å². The Morgan fingerprint density at radius 3 is 2.90 bits per heavy atom. The minimum absolute atomic E-state index is 0.262. The first kappa shape index (κ1) is 14.6. The van der Waals surface area contributed by atoms with E-state index < -0.39 is 5.97 Å². The van der Waals surface area contributed by atoms with Gasteiger partial charge in [0.25, 0.3) is 0 Å². The topological polar surface area (TPSA) is 58.4 Å². The number of hydrogen-bond donors (Lipinski definition) is 1. The second-order valence-corrected chi connectivity index (χ2v) is 6.64. The van der Waals surface area contributed by atoms with Gasteiger partial charge in [-0.3, -0.25) is 9.69 Å². The van der Waals surface area contributed by atoms with Crippen LogP contribution in [0.4, 0.5) is 0 Å². The van der Waals surface area contributed by atoms with Gasteiger partial charge in [-0.15, -0.1) is 0 Å². The number of likely N-dealkylation sites (tertiary alicyclic amines) is 1. The van der Waals surface area contributed by atoms with E-state index in [1.165, 1.54) is 18.5 Å². The van der Waals surface area contributed by atoms with Gasteiger partial charge in [-0.05, 0) is 46.1 Å². The maximum Gasteiger partial charge on any atom is 0.308 e. The lowest BCUT2D eigenvalue weighted by molar-refractivity contribution is -0.142. The smallest absolute Gasteiger partial charge is 0.308 e. The van der Waals surface area contributed by atoms with Gasteiger partial charge >= 0.3 is 5.97 Å². The van der Waals surface area contributed by atoms with Crippen LogP contribution in [0.5, 0.6) is 0 Å². The maximum absolute atomic E-state index is 11.3. The number of aromatic nitrogens is 2. The fourth-order valence-electron chi connectivity index (χ4n) is 3.79. The number of piperidine rings is 1. The molecule has 0 spiro atoms. The molecule has 3 heterocycles. The van der Waals surface area contributed by atoms with Crippen LogP contribution in [-0.2, 0) is 17.8 Å². The van der Waals surface area contributed by atoms with Crippen LogP contribution in [0, 0.1) is 5.92 Å². The normalized spacial score (nSPS) is 26.8. The monoisotopic (exact) mass is 291 g/mol. The summed E-state index contributed by atoms with van der Waals surface area (Å²) in [5.41, 5.74) is 1.21. The second kappa shape index (κ2) is 5.79. The van der Waals surface area contributed by atoms with Crippen molar-refractivity contribution in [2.45, 2.75) is 64.6 Å². The summed E-state index contributed by atoms with van der Waals surface area (Å²) in [7, 11) is 0. The number of imidazole rings is 1. The third-order valence-corrected chi connectivity index (χ3v) is 4.98. The van der Waals surface area contributed by atoms with Gasteiger partial charge < -0.3 is 9.67 Å². The van der Waals surface area contributed by atoms with Crippen LogP contribution in [0.2, 0.25) is 0 Å². The molecule has 1 fully saturated rings. The van der Waals surface area contributed by atoms with Gasteiger partial charge in [-0.1, -0.05) is 6.42 Å². The van der Waals surface area contributed by atoms with Gasteiger partial charge in [-0.25, -0.2) is 4.98 Å². The van der Waals surface area contributed by atoms with Crippen molar-refractivity contribution in [2.75, 3.05) is 6.54 Å². The zero-order valence-electron chi connectivity index (χ0n) is 13.0. The van der Waals surface area contributed by atoms with E-state index in [0.29, 0.717) is 18.6 Å². The van der Waals surface area contributed by atoms with Gasteiger partial charge in [0.05, 0.1) is 12.0 Å². The second-order valence-electron chi connectivity index (χ2n) is 6.64. The highest BCUT2D eigenvalue weighted by atomic mass is 16.4. The van der Waals surface area contributed by atoms with Gasteiger partial charge in [-0.2, -0.15) is 0 Å². The van der Waals surface area contributed by atoms with Crippen LogP contribution in [0.1, 0.15) is 57.1 Å². The summed E-state index contributed by atoms with van der Waals surface area (Å²) in [6, 6.07) is 0.849. The molecular weight excluding hydrogens is 266 g/mol. The molecule has 0 saturated carbocycles. The van der Waals surface area contributed by atoms with Crippen LogP contribution < -0.4 is 0 Å². The molecule has 2 atom stereocenters. The number of hydrogen-bond acceptors (Lipinski definition) is 3. The number of carboxylic acid groups (broad SMARTS) is 1. The molecule has 2 unspecified atom stereocenters. The van der Waals surface area contributed by atoms with Crippen LogP contribution in [-0.4, -0.2) is 38.1 Å². The summed E-state index contributed by atoms with van der Waals surface area (Å²) in [5, 5.41) is 9.30. The average Bonchev–Trinajstić information content (AvgIpc) is 2.89. The fourth-order valence-corrected chi connectivity index (χ4v) is 3.79. The lowest BCUT2D eigenvalue weighted by atomic mass is 9.96. The zero-order valence-corrected chi connectivity index (χ0v) is 13.0. The van der Waals surface area contributed by atoms with Crippen molar-refractivity contribution in [2.24, 2.45) is 5.92 Å². The van der Waals surface area contributed by atoms with E-state index in [9.17, 15) is 9.90 Å². The third-order valence-electron chi connectivity index (χ3n) is 4.98. The first-order valence-electron chi connectivity index (χ1n) is 8.10. The minimum atomic E-state index is -0.676. The molecule has 0 amide bonds. The van der Waals surface area contributed by atoms with Crippen LogP contribution in [0.3, 0.4) is 0 Å². The quantitative estimate of drug-likeness (QED) is 0.929. The molecule has 0 bridgehead atoms. The summed E-state index contributed by atoms with van der Waals surface area (Å²) in [6.45, 7) is 6.17. The Bertz CT molecular complexity index is 524. The standard InChI is InChI=1S/C16H25N3O2/c1-11(2)18-8-4-3-5-14(18)15-17-9-13-7-6-12(16(20)21)10-19(13)15/h9,11-12,14H,3-8,10H2,1-2H3,(H,20,21). The van der Waals surface area contributed by atoms with Crippen LogP contribution >= 0.6 is 0 Å². The number of fused-ring (bicyclic) bond motifs is 1. The zero-order chi connectivity index (χ0) is 15.0. The van der Waals surface area contributed by atoms with E-state index in [1.807, 2.05) is 6.20 Å². The number of aliphatic carboxylic acids is 1. The largest absolute Gasteiger partial charge is 0.481 e. The number of aryl methyl sites for hydroxylation is 1. The lowest BCUT2D eigenvalue weighted by Gasteiger charge is -2.39. The SMILES string of the molecule is CC(C)N1CCCCC1c1ncc2n1CC(C(=O)O)CC2. The molecule has 0 radical (unpaired) electrons. The molecule has 2 aliphatic rings. The molecule has 3 rings (SSSR count). The lowest BCUT2D eigenvalue weighted by Crippen LogP contribution is -2.40. The van der Waals surface area contributed by atoms with Gasteiger partial charge in [0.15, 0.2) is 0 Å². The molecule has 0 aliphatic carbocycles. The Hall–Kier alpha value is -1.36. The molecule has 1 aromatic rings. The molecule has 21 heavy (non-hydrogen) atoms. The summed E-state index contributed by atoms with van der Waals surface area (Å²) >= 11 is 0. The number of carboxylic acids is 1. The van der Waals surface area contributed by atoms with Crippen molar-refractivity contribution >= 4 is 5.97 Å². The van der Waals surface area contributed by atoms with E-state index in [4.69, 9.17) is 0 Å². The fraction of sp³-hybridized carbons (Fsp3) is 0.750. The Labute approximate surface area is 126 Å².